The number of fused-ring (bicyclic) bond motifs is 1. The molecule has 3 aromatic rings. The third kappa shape index (κ3) is 4.05. The molecule has 0 aliphatic heterocycles. The Labute approximate surface area is 166 Å². The van der Waals surface area contributed by atoms with Crippen molar-refractivity contribution in [2.24, 2.45) is 0 Å². The molecule has 28 heavy (non-hydrogen) atoms. The molecule has 1 aromatic carbocycles. The zero-order valence-corrected chi connectivity index (χ0v) is 17.3. The highest BCUT2D eigenvalue weighted by atomic mass is 32.1. The van der Waals surface area contributed by atoms with Crippen LogP contribution in [0.2, 0.25) is 0 Å². The first kappa shape index (κ1) is 20.3. The minimum atomic E-state index is -0.738. The van der Waals surface area contributed by atoms with Gasteiger partial charge in [0.25, 0.3) is 5.91 Å². The number of amides is 1. The van der Waals surface area contributed by atoms with Crippen molar-refractivity contribution in [3.63, 3.8) is 0 Å². The number of benzene rings is 1. The third-order valence-electron chi connectivity index (χ3n) is 4.28. The van der Waals surface area contributed by atoms with Crippen LogP contribution in [-0.4, -0.2) is 52.8 Å². The minimum absolute atomic E-state index is 0.0629. The van der Waals surface area contributed by atoms with Crippen LogP contribution in [0.3, 0.4) is 0 Å². The number of aromatic nitrogens is 3. The van der Waals surface area contributed by atoms with Gasteiger partial charge in [0.2, 0.25) is 0 Å². The van der Waals surface area contributed by atoms with Crippen LogP contribution in [0.25, 0.3) is 10.2 Å². The van der Waals surface area contributed by atoms with Crippen LogP contribution >= 0.6 is 11.3 Å². The fourth-order valence-corrected chi connectivity index (χ4v) is 3.93. The van der Waals surface area contributed by atoms with Gasteiger partial charge in [-0.1, -0.05) is 11.3 Å². The van der Waals surface area contributed by atoms with Crippen LogP contribution in [0.1, 0.15) is 36.1 Å². The van der Waals surface area contributed by atoms with Crippen LogP contribution in [-0.2, 0) is 0 Å². The van der Waals surface area contributed by atoms with E-state index in [4.69, 9.17) is 0 Å². The lowest BCUT2D eigenvalue weighted by Crippen LogP contribution is -2.37. The molecule has 2 heterocycles. The number of carbonyl (C=O) groups is 1. The smallest absolute Gasteiger partial charge is 0.280 e. The van der Waals surface area contributed by atoms with Gasteiger partial charge < -0.3 is 4.90 Å². The summed E-state index contributed by atoms with van der Waals surface area (Å²) in [5.41, 5.74) is 1.24. The van der Waals surface area contributed by atoms with Crippen molar-refractivity contribution >= 4 is 32.6 Å². The number of carbonyl (C=O) groups excluding carboxylic acids is 1. The molecular weight excluding hydrogens is 384 g/mol. The Hall–Kier alpha value is -2.39. The molecule has 0 atom stereocenters. The predicted molar refractivity (Wildman–Crippen MR) is 107 cm³/mol. The number of anilines is 1. The molecule has 0 unspecified atom stereocenters. The van der Waals surface area contributed by atoms with Gasteiger partial charge >= 0.3 is 0 Å². The molecule has 3 rings (SSSR count). The highest BCUT2D eigenvalue weighted by Crippen LogP contribution is 2.32. The molecule has 6 nitrogen and oxygen atoms in total. The number of likely N-dealkylation sites (N-methyl/N-ethyl adjacent to an activating group) is 1. The Balaban J connectivity index is 2.02. The van der Waals surface area contributed by atoms with Gasteiger partial charge in [0.15, 0.2) is 16.6 Å². The Morgan fingerprint density at radius 2 is 1.93 bits per heavy atom. The van der Waals surface area contributed by atoms with Crippen molar-refractivity contribution in [2.75, 3.05) is 32.1 Å². The third-order valence-corrected chi connectivity index (χ3v) is 5.30. The van der Waals surface area contributed by atoms with E-state index in [1.54, 1.807) is 10.7 Å². The zero-order valence-electron chi connectivity index (χ0n) is 16.5. The van der Waals surface area contributed by atoms with E-state index in [1.807, 2.05) is 39.8 Å². The van der Waals surface area contributed by atoms with Crippen molar-refractivity contribution in [1.82, 2.24) is 19.7 Å². The summed E-state index contributed by atoms with van der Waals surface area (Å²) in [4.78, 5) is 20.9. The maximum Gasteiger partial charge on any atom is 0.280 e. The van der Waals surface area contributed by atoms with E-state index in [0.717, 1.165) is 23.1 Å². The molecule has 0 N–H and O–H groups in total. The fourth-order valence-electron chi connectivity index (χ4n) is 2.90. The summed E-state index contributed by atoms with van der Waals surface area (Å²) in [6.07, 6.45) is 0. The Morgan fingerprint density at radius 3 is 2.54 bits per heavy atom. The van der Waals surface area contributed by atoms with E-state index >= 15 is 0 Å². The van der Waals surface area contributed by atoms with Crippen molar-refractivity contribution in [3.05, 3.63) is 41.2 Å². The van der Waals surface area contributed by atoms with E-state index in [1.165, 1.54) is 11.0 Å². The van der Waals surface area contributed by atoms with E-state index in [2.05, 4.69) is 10.1 Å². The van der Waals surface area contributed by atoms with Gasteiger partial charge in [-0.25, -0.2) is 13.8 Å². The first-order valence-corrected chi connectivity index (χ1v) is 9.77. The highest BCUT2D eigenvalue weighted by Gasteiger charge is 2.25. The lowest BCUT2D eigenvalue weighted by molar-refractivity contribution is 0.0979. The van der Waals surface area contributed by atoms with E-state index in [-0.39, 0.29) is 17.5 Å². The number of nitrogens with zero attached hydrogens (tertiary/aromatic N) is 5. The summed E-state index contributed by atoms with van der Waals surface area (Å²) in [7, 11) is 3.79. The van der Waals surface area contributed by atoms with Gasteiger partial charge in [0.05, 0.1) is 4.70 Å². The lowest BCUT2D eigenvalue weighted by atomic mass is 10.3. The second-order valence-electron chi connectivity index (χ2n) is 7.20. The number of hydrogen-bond donors (Lipinski definition) is 0. The summed E-state index contributed by atoms with van der Waals surface area (Å²) in [6.45, 7) is 6.81. The summed E-state index contributed by atoms with van der Waals surface area (Å²) in [5.74, 6) is -1.72. The van der Waals surface area contributed by atoms with Crippen molar-refractivity contribution in [1.29, 1.82) is 0 Å². The van der Waals surface area contributed by atoms with Crippen LogP contribution < -0.4 is 4.90 Å². The molecular formula is C19H23F2N5OS. The summed E-state index contributed by atoms with van der Waals surface area (Å²) >= 11 is 1.09. The summed E-state index contributed by atoms with van der Waals surface area (Å²) < 4.78 is 29.8. The molecule has 9 heteroatoms. The SMILES string of the molecule is Cc1cc(C(=O)N(CCN(C)C)c2nc3c(F)cc(F)cc3s2)nn1C(C)C. The molecule has 150 valence electrons. The van der Waals surface area contributed by atoms with Gasteiger partial charge in [-0.05, 0) is 47.0 Å². The van der Waals surface area contributed by atoms with Crippen LogP contribution in [0, 0.1) is 18.6 Å². The number of thiazole rings is 1. The molecule has 0 radical (unpaired) electrons. The van der Waals surface area contributed by atoms with Gasteiger partial charge in [-0.2, -0.15) is 5.10 Å². The molecule has 0 aliphatic rings. The first-order valence-electron chi connectivity index (χ1n) is 8.95. The number of halogens is 2. The van der Waals surface area contributed by atoms with Crippen LogP contribution in [0.5, 0.6) is 0 Å². The van der Waals surface area contributed by atoms with Crippen LogP contribution in [0.15, 0.2) is 18.2 Å². The summed E-state index contributed by atoms with van der Waals surface area (Å²) in [6, 6.07) is 3.88. The minimum Gasteiger partial charge on any atom is -0.308 e. The molecule has 0 saturated carbocycles. The van der Waals surface area contributed by atoms with Crippen LogP contribution in [0.4, 0.5) is 13.9 Å². The quantitative estimate of drug-likeness (QED) is 0.623. The van der Waals surface area contributed by atoms with Gasteiger partial charge in [0.1, 0.15) is 11.3 Å². The van der Waals surface area contributed by atoms with Gasteiger partial charge in [-0.3, -0.25) is 14.4 Å². The Kier molecular flexibility index (Phi) is 5.76. The van der Waals surface area contributed by atoms with Gasteiger partial charge in [0, 0.05) is 30.9 Å². The summed E-state index contributed by atoms with van der Waals surface area (Å²) in [5, 5.41) is 4.75. The second-order valence-corrected chi connectivity index (χ2v) is 8.21. The maximum absolute atomic E-state index is 14.1. The highest BCUT2D eigenvalue weighted by molar-refractivity contribution is 7.22. The monoisotopic (exact) mass is 407 g/mol. The standard InChI is InChI=1S/C19H23F2N5OS/c1-11(2)26-12(3)8-15(23-26)18(27)25(7-6-24(4)5)19-22-17-14(21)9-13(20)10-16(17)28-19/h8-11H,6-7H2,1-5H3. The molecule has 0 aliphatic carbocycles. The molecule has 0 saturated heterocycles. The maximum atomic E-state index is 14.1. The molecule has 0 spiro atoms. The molecule has 1 amide bonds. The van der Waals surface area contributed by atoms with E-state index < -0.39 is 11.6 Å². The Morgan fingerprint density at radius 1 is 1.21 bits per heavy atom. The second kappa shape index (κ2) is 7.92. The largest absolute Gasteiger partial charge is 0.308 e. The fraction of sp³-hybridized carbons (Fsp3) is 0.421. The number of rotatable bonds is 6. The normalized spacial score (nSPS) is 11.8. The van der Waals surface area contributed by atoms with Gasteiger partial charge in [-0.15, -0.1) is 0 Å². The van der Waals surface area contributed by atoms with E-state index in [0.29, 0.717) is 28.6 Å². The molecule has 0 bridgehead atoms. The van der Waals surface area contributed by atoms with Crippen molar-refractivity contribution in [2.45, 2.75) is 26.8 Å². The Bertz CT molecular complexity index is 1010. The van der Waals surface area contributed by atoms with Crippen molar-refractivity contribution < 1.29 is 13.6 Å². The van der Waals surface area contributed by atoms with Crippen molar-refractivity contribution in [3.8, 4) is 0 Å². The average Bonchev–Trinajstić information content (AvgIpc) is 3.18. The number of hydrogen-bond acceptors (Lipinski definition) is 5. The number of aryl methyl sites for hydroxylation is 1. The molecule has 2 aromatic heterocycles. The zero-order chi connectivity index (χ0) is 20.6. The first-order chi connectivity index (χ1) is 13.2. The average molecular weight is 407 g/mol. The molecule has 0 fully saturated rings. The lowest BCUT2D eigenvalue weighted by Gasteiger charge is -2.21. The topological polar surface area (TPSA) is 54.3 Å². The van der Waals surface area contributed by atoms with E-state index in [9.17, 15) is 13.6 Å². The predicted octanol–water partition coefficient (Wildman–Crippen LogP) is 3.87.